The SMILES string of the molecule is CCN(CC)CCCC(=O)c1c(C)[nH]c(C=C2C(=O)Cc3ccc(NC(=O)/C=C\C(=O)O[C@@H](CNC(C)(C)C)COc4nsnc4N4CCOCC4)cc32)c1C. The fraction of sp³-hybridized carbons (Fsp3) is 0.512. The van der Waals surface area contributed by atoms with Gasteiger partial charge in [-0.25, -0.2) is 4.79 Å². The van der Waals surface area contributed by atoms with Gasteiger partial charge in [-0.1, -0.05) is 19.9 Å². The van der Waals surface area contributed by atoms with Crippen LogP contribution in [0.15, 0.2) is 30.4 Å². The number of benzene rings is 1. The molecule has 2 aliphatic rings. The lowest BCUT2D eigenvalue weighted by Gasteiger charge is -2.27. The fourth-order valence-corrected chi connectivity index (χ4v) is 7.26. The molecule has 56 heavy (non-hydrogen) atoms. The highest BCUT2D eigenvalue weighted by atomic mass is 32.1. The number of nitrogens with one attached hydrogen (secondary N) is 3. The number of amides is 1. The van der Waals surface area contributed by atoms with Crippen molar-refractivity contribution in [1.82, 2.24) is 23.9 Å². The molecule has 0 saturated carbocycles. The van der Waals surface area contributed by atoms with Gasteiger partial charge in [-0.3, -0.25) is 14.4 Å². The van der Waals surface area contributed by atoms with Crippen molar-refractivity contribution in [2.45, 2.75) is 79.4 Å². The van der Waals surface area contributed by atoms with E-state index in [2.05, 4.69) is 43.1 Å². The fourth-order valence-electron chi connectivity index (χ4n) is 6.74. The number of allylic oxidation sites excluding steroid dienone is 1. The summed E-state index contributed by atoms with van der Waals surface area (Å²) in [5, 5.41) is 6.12. The molecule has 2 aromatic heterocycles. The van der Waals surface area contributed by atoms with Crippen molar-refractivity contribution in [2.75, 3.05) is 69.3 Å². The molecular formula is C41H55N7O7S. The Morgan fingerprint density at radius 1 is 1.11 bits per heavy atom. The van der Waals surface area contributed by atoms with E-state index >= 15 is 0 Å². The summed E-state index contributed by atoms with van der Waals surface area (Å²) in [5.41, 5.74) is 5.24. The normalized spacial score (nSPS) is 15.8. The second-order valence-corrected chi connectivity index (χ2v) is 15.6. The molecule has 1 amide bonds. The number of hydrogen-bond donors (Lipinski definition) is 3. The van der Waals surface area contributed by atoms with Gasteiger partial charge in [0.05, 0.1) is 24.9 Å². The van der Waals surface area contributed by atoms with Crippen LogP contribution in [0.3, 0.4) is 0 Å². The van der Waals surface area contributed by atoms with Crippen LogP contribution in [0.2, 0.25) is 0 Å². The van der Waals surface area contributed by atoms with Crippen LogP contribution in [0.4, 0.5) is 11.5 Å². The van der Waals surface area contributed by atoms with E-state index in [1.165, 1.54) is 0 Å². The molecule has 3 N–H and O–H groups in total. The third-order valence-corrected chi connectivity index (χ3v) is 10.3. The van der Waals surface area contributed by atoms with Gasteiger partial charge in [0, 0.05) is 78.4 Å². The van der Waals surface area contributed by atoms with Gasteiger partial charge in [-0.05, 0) is 95.6 Å². The maximum atomic E-state index is 13.2. The predicted molar refractivity (Wildman–Crippen MR) is 218 cm³/mol. The first-order valence-electron chi connectivity index (χ1n) is 19.3. The second kappa shape index (κ2) is 19.4. The number of carbonyl (C=O) groups excluding carboxylic acids is 4. The molecule has 3 aromatic rings. The van der Waals surface area contributed by atoms with Crippen LogP contribution >= 0.6 is 11.7 Å². The predicted octanol–water partition coefficient (Wildman–Crippen LogP) is 5.16. The third-order valence-electron chi connectivity index (χ3n) is 9.81. The van der Waals surface area contributed by atoms with Crippen LogP contribution in [0, 0.1) is 13.8 Å². The third kappa shape index (κ3) is 11.4. The number of morpholine rings is 1. The molecule has 0 bridgehead atoms. The number of hydrogen-bond acceptors (Lipinski definition) is 13. The summed E-state index contributed by atoms with van der Waals surface area (Å²) in [7, 11) is 0. The molecular weight excluding hydrogens is 735 g/mol. The smallest absolute Gasteiger partial charge is 0.331 e. The van der Waals surface area contributed by atoms with Crippen molar-refractivity contribution in [3.8, 4) is 5.88 Å². The lowest BCUT2D eigenvalue weighted by Crippen LogP contribution is -2.44. The number of anilines is 2. The molecule has 1 fully saturated rings. The molecule has 1 atom stereocenters. The lowest BCUT2D eigenvalue weighted by atomic mass is 10.00. The number of aryl methyl sites for hydroxylation is 1. The molecule has 3 heterocycles. The Kier molecular flexibility index (Phi) is 14.7. The topological polar surface area (TPSA) is 168 Å². The molecule has 0 radical (unpaired) electrons. The van der Waals surface area contributed by atoms with Crippen LogP contribution in [-0.4, -0.2) is 113 Å². The summed E-state index contributed by atoms with van der Waals surface area (Å²) in [6.45, 7) is 19.7. The van der Waals surface area contributed by atoms with Crippen LogP contribution < -0.4 is 20.3 Å². The number of ether oxygens (including phenoxy) is 3. The van der Waals surface area contributed by atoms with E-state index < -0.39 is 18.0 Å². The summed E-state index contributed by atoms with van der Waals surface area (Å²) in [6.07, 6.45) is 4.77. The van der Waals surface area contributed by atoms with Crippen molar-refractivity contribution in [3.05, 3.63) is 64.0 Å². The number of aromatic nitrogens is 3. The van der Waals surface area contributed by atoms with E-state index in [-0.39, 0.29) is 30.1 Å². The van der Waals surface area contributed by atoms with E-state index in [1.807, 2.05) is 45.6 Å². The number of nitrogens with zero attached hydrogens (tertiary/aromatic N) is 4. The van der Waals surface area contributed by atoms with Crippen molar-refractivity contribution < 1.29 is 33.4 Å². The lowest BCUT2D eigenvalue weighted by molar-refractivity contribution is -0.144. The van der Waals surface area contributed by atoms with E-state index in [1.54, 1.807) is 18.2 Å². The maximum absolute atomic E-state index is 13.2. The van der Waals surface area contributed by atoms with E-state index in [4.69, 9.17) is 14.2 Å². The molecule has 14 nitrogen and oxygen atoms in total. The number of aromatic amines is 1. The van der Waals surface area contributed by atoms with E-state index in [0.717, 1.165) is 66.8 Å². The first-order chi connectivity index (χ1) is 26.8. The Bertz CT molecular complexity index is 1930. The summed E-state index contributed by atoms with van der Waals surface area (Å²) in [5.74, 6) is -0.210. The van der Waals surface area contributed by atoms with Gasteiger partial charge < -0.3 is 39.6 Å². The first kappa shape index (κ1) is 42.4. The summed E-state index contributed by atoms with van der Waals surface area (Å²) >= 11 is 1.05. The molecule has 1 aliphatic carbocycles. The van der Waals surface area contributed by atoms with Gasteiger partial charge >= 0.3 is 5.97 Å². The minimum atomic E-state index is -0.711. The average molecular weight is 790 g/mol. The molecule has 302 valence electrons. The number of Topliss-reactive ketones (excluding diaryl/α,β-unsaturated/α-hetero) is 2. The Morgan fingerprint density at radius 3 is 2.57 bits per heavy atom. The van der Waals surface area contributed by atoms with Gasteiger partial charge in [-0.2, -0.15) is 4.37 Å². The summed E-state index contributed by atoms with van der Waals surface area (Å²) < 4.78 is 25.8. The van der Waals surface area contributed by atoms with Crippen LogP contribution in [0.5, 0.6) is 5.88 Å². The minimum Gasteiger partial charge on any atom is -0.470 e. The van der Waals surface area contributed by atoms with Gasteiger partial charge in [0.15, 0.2) is 11.6 Å². The largest absolute Gasteiger partial charge is 0.470 e. The first-order valence-corrected chi connectivity index (χ1v) is 20.0. The average Bonchev–Trinajstić information content (AvgIpc) is 3.84. The Morgan fingerprint density at radius 2 is 1.86 bits per heavy atom. The molecule has 15 heteroatoms. The quantitative estimate of drug-likeness (QED) is 0.0881. The highest BCUT2D eigenvalue weighted by Gasteiger charge is 2.27. The number of rotatable bonds is 18. The standard InChI is InChI=1S/C41H55N7O7S/c1-8-47(9-2)16-10-11-34(49)38-26(3)33(43-27(38)4)23-32-31-22-29(13-12-28(31)21-35(32)50)44-36(51)14-15-37(52)55-30(24-42-41(5,6)7)25-54-40-39(45-56-46-40)48-17-19-53-20-18-48/h12-15,22-23,30,42-43H,8-11,16-21,24-25H2,1-7H3,(H,44,51)/b15-14-,32-23?/t30-/m0/s1. The van der Waals surface area contributed by atoms with Crippen LogP contribution in [-0.2, 0) is 30.3 Å². The summed E-state index contributed by atoms with van der Waals surface area (Å²) in [4.78, 5) is 60.0. The summed E-state index contributed by atoms with van der Waals surface area (Å²) in [6, 6.07) is 5.29. The zero-order chi connectivity index (χ0) is 40.4. The molecule has 0 unspecified atom stereocenters. The molecule has 1 aliphatic heterocycles. The van der Waals surface area contributed by atoms with Crippen LogP contribution in [0.1, 0.15) is 85.9 Å². The van der Waals surface area contributed by atoms with E-state index in [9.17, 15) is 19.2 Å². The highest BCUT2D eigenvalue weighted by molar-refractivity contribution is 6.99. The van der Waals surface area contributed by atoms with Gasteiger partial charge in [0.1, 0.15) is 12.7 Å². The highest BCUT2D eigenvalue weighted by Crippen LogP contribution is 2.34. The second-order valence-electron chi connectivity index (χ2n) is 15.1. The minimum absolute atomic E-state index is 0.0253. The number of esters is 1. The van der Waals surface area contributed by atoms with Crippen molar-refractivity contribution in [2.24, 2.45) is 0 Å². The molecule has 1 saturated heterocycles. The number of fused-ring (bicyclic) bond motifs is 1. The zero-order valence-corrected chi connectivity index (χ0v) is 34.4. The number of H-pyrrole nitrogens is 1. The molecule has 5 rings (SSSR count). The van der Waals surface area contributed by atoms with E-state index in [0.29, 0.717) is 79.0 Å². The van der Waals surface area contributed by atoms with Gasteiger partial charge in [0.2, 0.25) is 11.7 Å². The maximum Gasteiger partial charge on any atom is 0.331 e. The Balaban J connectivity index is 1.21. The zero-order valence-electron chi connectivity index (χ0n) is 33.6. The van der Waals surface area contributed by atoms with Gasteiger partial charge in [-0.15, -0.1) is 4.37 Å². The molecule has 1 aromatic carbocycles. The van der Waals surface area contributed by atoms with Crippen LogP contribution in [0.25, 0.3) is 11.6 Å². The number of ketones is 2. The Labute approximate surface area is 333 Å². The van der Waals surface area contributed by atoms with Gasteiger partial charge in [0.25, 0.3) is 5.88 Å². The van der Waals surface area contributed by atoms with Crippen molar-refractivity contribution in [1.29, 1.82) is 0 Å². The van der Waals surface area contributed by atoms with Crippen molar-refractivity contribution >= 4 is 58.3 Å². The van der Waals surface area contributed by atoms with Crippen molar-refractivity contribution in [3.63, 3.8) is 0 Å². The Hall–Kier alpha value is -4.70. The monoisotopic (exact) mass is 789 g/mol. The number of carbonyl (C=O) groups is 4. The molecule has 0 spiro atoms.